The van der Waals surface area contributed by atoms with Gasteiger partial charge in [0.25, 0.3) is 0 Å². The van der Waals surface area contributed by atoms with Crippen molar-refractivity contribution in [3.05, 3.63) is 28.5 Å². The summed E-state index contributed by atoms with van der Waals surface area (Å²) in [6, 6.07) is 3.88. The summed E-state index contributed by atoms with van der Waals surface area (Å²) in [4.78, 5) is 24.3. The van der Waals surface area contributed by atoms with Crippen molar-refractivity contribution in [2.75, 3.05) is 16.4 Å². The van der Waals surface area contributed by atoms with Gasteiger partial charge in [-0.25, -0.2) is 9.29 Å². The molecular weight excluding hydrogens is 297 g/mol. The van der Waals surface area contributed by atoms with Gasteiger partial charge in [0.1, 0.15) is 5.82 Å². The minimum absolute atomic E-state index is 0.270. The van der Waals surface area contributed by atoms with Crippen LogP contribution < -0.4 is 4.90 Å². The van der Waals surface area contributed by atoms with E-state index in [-0.39, 0.29) is 23.3 Å². The minimum atomic E-state index is -0.415. The molecule has 0 spiro atoms. The Hall–Kier alpha value is -0.880. The first-order valence-electron chi connectivity index (χ1n) is 4.48. The van der Waals surface area contributed by atoms with E-state index in [1.54, 1.807) is 0 Å². The maximum Gasteiger partial charge on any atom is 0.243 e. The second-order valence-corrected chi connectivity index (χ2v) is 5.05. The normalized spacial score (nSPS) is 16.8. The Morgan fingerprint density at radius 2 is 1.88 bits per heavy atom. The van der Waals surface area contributed by atoms with Gasteiger partial charge in [0.15, 0.2) is 0 Å². The molecule has 0 N–H and O–H groups in total. The number of halogens is 2. The number of hydrogen-bond acceptors (Lipinski definition) is 3. The number of benzene rings is 1. The van der Waals surface area contributed by atoms with E-state index in [4.69, 9.17) is 0 Å². The zero-order chi connectivity index (χ0) is 11.7. The molecule has 2 rings (SSSR count). The van der Waals surface area contributed by atoms with Crippen LogP contribution in [0, 0.1) is 5.82 Å². The van der Waals surface area contributed by atoms with Crippen molar-refractivity contribution < 1.29 is 14.0 Å². The van der Waals surface area contributed by atoms with Crippen molar-refractivity contribution in [1.82, 2.24) is 0 Å². The van der Waals surface area contributed by atoms with Crippen molar-refractivity contribution in [2.24, 2.45) is 0 Å². The third-order valence-electron chi connectivity index (χ3n) is 2.10. The van der Waals surface area contributed by atoms with Crippen molar-refractivity contribution in [3.8, 4) is 0 Å². The first-order chi connectivity index (χ1) is 7.59. The highest BCUT2D eigenvalue weighted by Crippen LogP contribution is 2.29. The van der Waals surface area contributed by atoms with Crippen LogP contribution in [0.1, 0.15) is 0 Å². The molecule has 2 amide bonds. The predicted octanol–water partition coefficient (Wildman–Crippen LogP) is 2.19. The molecule has 0 radical (unpaired) electrons. The third kappa shape index (κ3) is 2.12. The number of rotatable bonds is 1. The lowest BCUT2D eigenvalue weighted by Gasteiger charge is -2.25. The smallest absolute Gasteiger partial charge is 0.243 e. The Labute approximate surface area is 104 Å². The SMILES string of the molecule is O=C1CSCC(=O)N1c1ccc(F)cc1Br. The molecule has 0 aliphatic carbocycles. The lowest BCUT2D eigenvalue weighted by molar-refractivity contribution is -0.124. The molecule has 6 heteroatoms. The van der Waals surface area contributed by atoms with Gasteiger partial charge in [0, 0.05) is 4.47 Å². The molecule has 1 fully saturated rings. The van der Waals surface area contributed by atoms with Crippen molar-refractivity contribution in [1.29, 1.82) is 0 Å². The molecule has 1 saturated heterocycles. The Kier molecular flexibility index (Phi) is 3.30. The van der Waals surface area contributed by atoms with Gasteiger partial charge in [-0.1, -0.05) is 0 Å². The molecule has 0 saturated carbocycles. The lowest BCUT2D eigenvalue weighted by Crippen LogP contribution is -2.43. The average molecular weight is 304 g/mol. The summed E-state index contributed by atoms with van der Waals surface area (Å²) in [5.74, 6) is -0.408. The fourth-order valence-electron chi connectivity index (χ4n) is 1.43. The average Bonchev–Trinajstić information content (AvgIpc) is 2.20. The monoisotopic (exact) mass is 303 g/mol. The second kappa shape index (κ2) is 4.55. The summed E-state index contributed by atoms with van der Waals surface area (Å²) < 4.78 is 13.3. The molecule has 0 unspecified atom stereocenters. The van der Waals surface area contributed by atoms with E-state index >= 15 is 0 Å². The molecule has 16 heavy (non-hydrogen) atoms. The zero-order valence-electron chi connectivity index (χ0n) is 8.07. The van der Waals surface area contributed by atoms with E-state index in [0.29, 0.717) is 10.2 Å². The van der Waals surface area contributed by atoms with E-state index in [1.165, 1.54) is 30.0 Å². The third-order valence-corrected chi connectivity index (χ3v) is 3.64. The van der Waals surface area contributed by atoms with E-state index in [0.717, 1.165) is 4.90 Å². The number of carbonyl (C=O) groups is 2. The number of nitrogens with zero attached hydrogens (tertiary/aromatic N) is 1. The predicted molar refractivity (Wildman–Crippen MR) is 63.9 cm³/mol. The van der Waals surface area contributed by atoms with E-state index in [1.807, 2.05) is 0 Å². The van der Waals surface area contributed by atoms with Crippen LogP contribution >= 0.6 is 27.7 Å². The molecule has 3 nitrogen and oxygen atoms in total. The molecule has 0 bridgehead atoms. The van der Waals surface area contributed by atoms with Gasteiger partial charge in [0.05, 0.1) is 17.2 Å². The highest BCUT2D eigenvalue weighted by molar-refractivity contribution is 9.10. The number of amides is 2. The van der Waals surface area contributed by atoms with Crippen molar-refractivity contribution in [3.63, 3.8) is 0 Å². The highest BCUT2D eigenvalue weighted by Gasteiger charge is 2.29. The summed E-state index contributed by atoms with van der Waals surface area (Å²) in [5.41, 5.74) is 0.400. The number of anilines is 1. The molecule has 1 aliphatic heterocycles. The van der Waals surface area contributed by atoms with Crippen LogP contribution in [0.4, 0.5) is 10.1 Å². The summed E-state index contributed by atoms with van der Waals surface area (Å²) in [6.07, 6.45) is 0. The summed E-state index contributed by atoms with van der Waals surface area (Å²) >= 11 is 4.43. The molecular formula is C10H7BrFNO2S. The first kappa shape index (κ1) is 11.6. The Morgan fingerprint density at radius 3 is 2.44 bits per heavy atom. The van der Waals surface area contributed by atoms with Gasteiger partial charge < -0.3 is 0 Å². The van der Waals surface area contributed by atoms with Crippen molar-refractivity contribution in [2.45, 2.75) is 0 Å². The molecule has 1 aromatic rings. The Bertz CT molecular complexity index is 450. The van der Waals surface area contributed by atoms with Crippen LogP contribution in [0.5, 0.6) is 0 Å². The van der Waals surface area contributed by atoms with Crippen LogP contribution in [-0.2, 0) is 9.59 Å². The largest absolute Gasteiger partial charge is 0.273 e. The van der Waals surface area contributed by atoms with E-state index < -0.39 is 5.82 Å². The molecule has 1 aliphatic rings. The van der Waals surface area contributed by atoms with E-state index in [2.05, 4.69) is 15.9 Å². The van der Waals surface area contributed by atoms with Crippen LogP contribution in [0.15, 0.2) is 22.7 Å². The van der Waals surface area contributed by atoms with Gasteiger partial charge >= 0.3 is 0 Å². The van der Waals surface area contributed by atoms with Crippen LogP contribution in [0.25, 0.3) is 0 Å². The molecule has 1 aromatic carbocycles. The van der Waals surface area contributed by atoms with Crippen LogP contribution in [0.2, 0.25) is 0 Å². The maximum absolute atomic E-state index is 12.9. The Balaban J connectivity index is 2.42. The fourth-order valence-corrected chi connectivity index (χ4v) is 2.66. The minimum Gasteiger partial charge on any atom is -0.273 e. The molecule has 0 aromatic heterocycles. The number of imide groups is 1. The topological polar surface area (TPSA) is 37.4 Å². The Morgan fingerprint density at radius 1 is 1.25 bits per heavy atom. The first-order valence-corrected chi connectivity index (χ1v) is 6.43. The van der Waals surface area contributed by atoms with E-state index in [9.17, 15) is 14.0 Å². The summed E-state index contributed by atoms with van der Waals surface area (Å²) in [6.45, 7) is 0. The van der Waals surface area contributed by atoms with Crippen LogP contribution in [-0.4, -0.2) is 23.3 Å². The molecule has 0 atom stereocenters. The number of hydrogen-bond donors (Lipinski definition) is 0. The van der Waals surface area contributed by atoms with Gasteiger partial charge in [-0.15, -0.1) is 11.8 Å². The van der Waals surface area contributed by atoms with Crippen LogP contribution in [0.3, 0.4) is 0 Å². The summed E-state index contributed by atoms with van der Waals surface area (Å²) in [7, 11) is 0. The molecule has 84 valence electrons. The quantitative estimate of drug-likeness (QED) is 0.746. The van der Waals surface area contributed by atoms with Crippen molar-refractivity contribution >= 4 is 45.2 Å². The second-order valence-electron chi connectivity index (χ2n) is 3.21. The summed E-state index contributed by atoms with van der Waals surface area (Å²) in [5, 5.41) is 0. The van der Waals surface area contributed by atoms with Gasteiger partial charge in [-0.05, 0) is 34.1 Å². The molecule has 1 heterocycles. The van der Waals surface area contributed by atoms with Gasteiger partial charge in [-0.2, -0.15) is 0 Å². The van der Waals surface area contributed by atoms with Gasteiger partial charge in [0.2, 0.25) is 11.8 Å². The standard InChI is InChI=1S/C10H7BrFNO2S/c11-7-3-6(12)1-2-8(7)13-9(14)4-16-5-10(13)15/h1-3H,4-5H2. The zero-order valence-corrected chi connectivity index (χ0v) is 10.5. The van der Waals surface area contributed by atoms with Gasteiger partial charge in [-0.3, -0.25) is 9.59 Å². The fraction of sp³-hybridized carbons (Fsp3) is 0.200. The number of thioether (sulfide) groups is 1. The number of carbonyl (C=O) groups excluding carboxylic acids is 2. The lowest BCUT2D eigenvalue weighted by atomic mass is 10.2. The highest BCUT2D eigenvalue weighted by atomic mass is 79.9. The maximum atomic E-state index is 12.9.